The molecule has 0 aromatic heterocycles. The first-order valence-electron chi connectivity index (χ1n) is 7.36. The lowest BCUT2D eigenvalue weighted by Crippen LogP contribution is -2.29. The molecule has 0 fully saturated rings. The molecular formula is C18H19NO4. The van der Waals surface area contributed by atoms with Gasteiger partial charge in [0.15, 0.2) is 0 Å². The molecule has 0 saturated heterocycles. The van der Waals surface area contributed by atoms with Gasteiger partial charge in [0.1, 0.15) is 6.61 Å². The lowest BCUT2D eigenvalue weighted by Gasteiger charge is -2.16. The molecule has 0 aliphatic rings. The Labute approximate surface area is 134 Å². The summed E-state index contributed by atoms with van der Waals surface area (Å²) in [6.45, 7) is 0.394. The maximum Gasteiger partial charge on any atom is 0.407 e. The number of carboxylic acid groups (broad SMARTS) is 1. The predicted octanol–water partition coefficient (Wildman–Crippen LogP) is 3.17. The Balaban J connectivity index is 1.85. The molecule has 0 heterocycles. The number of amides is 1. The molecule has 0 bridgehead atoms. The van der Waals surface area contributed by atoms with Gasteiger partial charge in [-0.2, -0.15) is 0 Å². The largest absolute Gasteiger partial charge is 0.481 e. The van der Waals surface area contributed by atoms with Gasteiger partial charge >= 0.3 is 12.1 Å². The number of hydrogen-bond donors (Lipinski definition) is 2. The summed E-state index contributed by atoms with van der Waals surface area (Å²) in [6.07, 6.45) is -0.608. The number of nitrogens with one attached hydrogen (secondary N) is 1. The summed E-state index contributed by atoms with van der Waals surface area (Å²) in [6, 6.07) is 18.6. The Morgan fingerprint density at radius 2 is 1.61 bits per heavy atom. The third-order valence-corrected chi connectivity index (χ3v) is 3.40. The summed E-state index contributed by atoms with van der Waals surface area (Å²) in [4.78, 5) is 22.8. The van der Waals surface area contributed by atoms with Crippen molar-refractivity contribution in [3.63, 3.8) is 0 Å². The van der Waals surface area contributed by atoms with Crippen LogP contribution >= 0.6 is 0 Å². The fourth-order valence-corrected chi connectivity index (χ4v) is 2.22. The third kappa shape index (κ3) is 5.82. The van der Waals surface area contributed by atoms with Crippen LogP contribution < -0.4 is 5.32 Å². The summed E-state index contributed by atoms with van der Waals surface area (Å²) in [7, 11) is 0. The number of alkyl carbamates (subject to hydrolysis) is 1. The van der Waals surface area contributed by atoms with Gasteiger partial charge in [0.2, 0.25) is 0 Å². The van der Waals surface area contributed by atoms with E-state index >= 15 is 0 Å². The van der Waals surface area contributed by atoms with E-state index in [9.17, 15) is 9.59 Å². The quantitative estimate of drug-likeness (QED) is 0.823. The van der Waals surface area contributed by atoms with Gasteiger partial charge in [-0.15, -0.1) is 0 Å². The molecule has 5 heteroatoms. The van der Waals surface area contributed by atoms with Gasteiger partial charge in [-0.05, 0) is 11.1 Å². The van der Waals surface area contributed by atoms with Gasteiger partial charge < -0.3 is 15.2 Å². The van der Waals surface area contributed by atoms with E-state index in [4.69, 9.17) is 9.84 Å². The van der Waals surface area contributed by atoms with Crippen LogP contribution in [0.2, 0.25) is 0 Å². The molecule has 0 aliphatic heterocycles. The summed E-state index contributed by atoms with van der Waals surface area (Å²) in [5.41, 5.74) is 1.77. The van der Waals surface area contributed by atoms with E-state index in [1.807, 2.05) is 60.7 Å². The molecule has 0 radical (unpaired) electrons. The number of carbonyl (C=O) groups is 2. The Kier molecular flexibility index (Phi) is 6.17. The SMILES string of the molecule is O=C(O)CC(CNC(=O)OCc1ccccc1)c1ccccc1. The van der Waals surface area contributed by atoms with E-state index in [1.165, 1.54) is 0 Å². The van der Waals surface area contributed by atoms with E-state index in [0.29, 0.717) is 0 Å². The van der Waals surface area contributed by atoms with E-state index < -0.39 is 12.1 Å². The second-order valence-electron chi connectivity index (χ2n) is 5.15. The zero-order valence-electron chi connectivity index (χ0n) is 12.6. The molecular weight excluding hydrogens is 294 g/mol. The molecule has 1 unspecified atom stereocenters. The number of rotatable bonds is 7. The van der Waals surface area contributed by atoms with Crippen LogP contribution in [-0.4, -0.2) is 23.7 Å². The van der Waals surface area contributed by atoms with Crippen molar-refractivity contribution in [2.45, 2.75) is 18.9 Å². The van der Waals surface area contributed by atoms with Crippen LogP contribution in [0.3, 0.4) is 0 Å². The fraction of sp³-hybridized carbons (Fsp3) is 0.222. The standard InChI is InChI=1S/C18H19NO4/c20-17(21)11-16(15-9-5-2-6-10-15)12-19-18(22)23-13-14-7-3-1-4-8-14/h1-10,16H,11-13H2,(H,19,22)(H,20,21). The highest BCUT2D eigenvalue weighted by Crippen LogP contribution is 2.18. The Hall–Kier alpha value is -2.82. The van der Waals surface area contributed by atoms with E-state index in [1.54, 1.807) is 0 Å². The molecule has 1 amide bonds. The van der Waals surface area contributed by atoms with Crippen LogP contribution in [0, 0.1) is 0 Å². The average Bonchev–Trinajstić information content (AvgIpc) is 2.58. The van der Waals surface area contributed by atoms with Crippen LogP contribution in [0.4, 0.5) is 4.79 Å². The highest BCUT2D eigenvalue weighted by atomic mass is 16.5. The maximum atomic E-state index is 11.8. The predicted molar refractivity (Wildman–Crippen MR) is 86.1 cm³/mol. The molecule has 0 aliphatic carbocycles. The zero-order valence-corrected chi connectivity index (χ0v) is 12.6. The van der Waals surface area contributed by atoms with Crippen molar-refractivity contribution in [3.8, 4) is 0 Å². The Bertz CT molecular complexity index is 628. The van der Waals surface area contributed by atoms with Gasteiger partial charge in [0.25, 0.3) is 0 Å². The summed E-state index contributed by atoms with van der Waals surface area (Å²) in [5, 5.41) is 11.7. The highest BCUT2D eigenvalue weighted by molar-refractivity contribution is 5.69. The van der Waals surface area contributed by atoms with Crippen LogP contribution in [0.1, 0.15) is 23.5 Å². The van der Waals surface area contributed by atoms with Gasteiger partial charge in [0, 0.05) is 12.5 Å². The summed E-state index contributed by atoms with van der Waals surface area (Å²) < 4.78 is 5.12. The van der Waals surface area contributed by atoms with Gasteiger partial charge in [-0.1, -0.05) is 60.7 Å². The second kappa shape index (κ2) is 8.58. The molecule has 2 aromatic carbocycles. The van der Waals surface area contributed by atoms with Crippen molar-refractivity contribution < 1.29 is 19.4 Å². The number of ether oxygens (including phenoxy) is 1. The number of hydrogen-bond acceptors (Lipinski definition) is 3. The van der Waals surface area contributed by atoms with Crippen LogP contribution in [0.25, 0.3) is 0 Å². The highest BCUT2D eigenvalue weighted by Gasteiger charge is 2.16. The topological polar surface area (TPSA) is 75.6 Å². The third-order valence-electron chi connectivity index (χ3n) is 3.40. The minimum atomic E-state index is -0.904. The van der Waals surface area contributed by atoms with Crippen molar-refractivity contribution in [1.82, 2.24) is 5.32 Å². The first kappa shape index (κ1) is 16.5. The zero-order chi connectivity index (χ0) is 16.5. The molecule has 2 aromatic rings. The minimum absolute atomic E-state index is 0.0526. The number of carboxylic acids is 1. The molecule has 23 heavy (non-hydrogen) atoms. The summed E-state index contributed by atoms with van der Waals surface area (Å²) in [5.74, 6) is -1.20. The maximum absolute atomic E-state index is 11.8. The Morgan fingerprint density at radius 3 is 2.22 bits per heavy atom. The van der Waals surface area contributed by atoms with E-state index in [2.05, 4.69) is 5.32 Å². The number of benzene rings is 2. The normalized spacial score (nSPS) is 11.5. The molecule has 1 atom stereocenters. The van der Waals surface area contributed by atoms with Crippen molar-refractivity contribution in [2.75, 3.05) is 6.54 Å². The van der Waals surface area contributed by atoms with Gasteiger partial charge in [-0.3, -0.25) is 4.79 Å². The molecule has 120 valence electrons. The first-order valence-corrected chi connectivity index (χ1v) is 7.36. The van der Waals surface area contributed by atoms with Crippen molar-refractivity contribution in [2.24, 2.45) is 0 Å². The lowest BCUT2D eigenvalue weighted by molar-refractivity contribution is -0.137. The van der Waals surface area contributed by atoms with Gasteiger partial charge in [-0.25, -0.2) is 4.79 Å². The lowest BCUT2D eigenvalue weighted by atomic mass is 9.96. The summed E-state index contributed by atoms with van der Waals surface area (Å²) >= 11 is 0. The monoisotopic (exact) mass is 313 g/mol. The molecule has 2 rings (SSSR count). The molecule has 0 spiro atoms. The smallest absolute Gasteiger partial charge is 0.407 e. The van der Waals surface area contributed by atoms with Crippen molar-refractivity contribution >= 4 is 12.1 Å². The van der Waals surface area contributed by atoms with E-state index in [0.717, 1.165) is 11.1 Å². The number of aliphatic carboxylic acids is 1. The fourth-order valence-electron chi connectivity index (χ4n) is 2.22. The average molecular weight is 313 g/mol. The number of carbonyl (C=O) groups excluding carboxylic acids is 1. The molecule has 0 saturated carbocycles. The first-order chi connectivity index (χ1) is 11.1. The van der Waals surface area contributed by atoms with Crippen molar-refractivity contribution in [3.05, 3.63) is 71.8 Å². The second-order valence-corrected chi connectivity index (χ2v) is 5.15. The van der Waals surface area contributed by atoms with Crippen LogP contribution in [0.15, 0.2) is 60.7 Å². The van der Waals surface area contributed by atoms with Crippen molar-refractivity contribution in [1.29, 1.82) is 0 Å². The van der Waals surface area contributed by atoms with Crippen LogP contribution in [-0.2, 0) is 16.1 Å². The molecule has 5 nitrogen and oxygen atoms in total. The van der Waals surface area contributed by atoms with Crippen LogP contribution in [0.5, 0.6) is 0 Å². The van der Waals surface area contributed by atoms with E-state index in [-0.39, 0.29) is 25.5 Å². The minimum Gasteiger partial charge on any atom is -0.481 e. The molecule has 2 N–H and O–H groups in total. The Morgan fingerprint density at radius 1 is 1.00 bits per heavy atom. The van der Waals surface area contributed by atoms with Gasteiger partial charge in [0.05, 0.1) is 6.42 Å².